The van der Waals surface area contributed by atoms with E-state index in [1.807, 2.05) is 0 Å². The van der Waals surface area contributed by atoms with Crippen LogP contribution in [0.4, 0.5) is 0 Å². The third-order valence-electron chi connectivity index (χ3n) is 2.49. The molecule has 4 heteroatoms. The summed E-state index contributed by atoms with van der Waals surface area (Å²) in [6, 6.07) is 0. The Morgan fingerprint density at radius 2 is 2.00 bits per heavy atom. The van der Waals surface area contributed by atoms with E-state index >= 15 is 0 Å². The van der Waals surface area contributed by atoms with E-state index in [4.69, 9.17) is 5.11 Å². The van der Waals surface area contributed by atoms with Gasteiger partial charge in [0.25, 0.3) is 0 Å². The van der Waals surface area contributed by atoms with Gasteiger partial charge in [0, 0.05) is 0 Å². The molecule has 0 saturated heterocycles. The van der Waals surface area contributed by atoms with Gasteiger partial charge in [-0.25, -0.2) is 0 Å². The molecule has 0 aromatic rings. The van der Waals surface area contributed by atoms with E-state index < -0.39 is 23.2 Å². The van der Waals surface area contributed by atoms with Crippen molar-refractivity contribution >= 4 is 0 Å². The van der Waals surface area contributed by atoms with Gasteiger partial charge in [-0.3, -0.25) is 0 Å². The third-order valence-corrected chi connectivity index (χ3v) is 6.23. The van der Waals surface area contributed by atoms with Crippen LogP contribution in [0.15, 0.2) is 42.5 Å². The molecule has 0 fully saturated rings. The van der Waals surface area contributed by atoms with Crippen LogP contribution in [0.25, 0.3) is 0 Å². The summed E-state index contributed by atoms with van der Waals surface area (Å²) in [4.78, 5) is 0. The fraction of sp³-hybridized carbons (Fsp3) is 0.333. The summed E-state index contributed by atoms with van der Waals surface area (Å²) < 4.78 is 3.33. The molecular weight excluding hydrogens is 322 g/mol. The molecule has 0 bridgehead atoms. The van der Waals surface area contributed by atoms with Gasteiger partial charge in [0.2, 0.25) is 0 Å². The molecular formula is C12H14Cl2OZr. The van der Waals surface area contributed by atoms with E-state index in [2.05, 4.69) is 30.4 Å². The minimum atomic E-state index is -0.488. The Hall–Kier alpha value is 0.383. The van der Waals surface area contributed by atoms with Crippen molar-refractivity contribution in [3.63, 3.8) is 0 Å². The SMILES string of the molecule is OCCC1=[C]([Zr+2][C]2=CC=CC2)CC=C1.[Cl-].[Cl-]. The molecule has 0 radical (unpaired) electrons. The molecule has 0 unspecified atom stereocenters. The van der Waals surface area contributed by atoms with Crippen LogP contribution in [-0.2, 0) is 23.2 Å². The molecule has 2 aliphatic carbocycles. The predicted octanol–water partition coefficient (Wildman–Crippen LogP) is -3.48. The molecule has 0 aromatic carbocycles. The monoisotopic (exact) mass is 334 g/mol. The number of rotatable bonds is 4. The van der Waals surface area contributed by atoms with E-state index in [1.165, 1.54) is 12.0 Å². The van der Waals surface area contributed by atoms with Crippen molar-refractivity contribution in [2.24, 2.45) is 0 Å². The van der Waals surface area contributed by atoms with Crippen LogP contribution in [0, 0.1) is 0 Å². The first-order chi connectivity index (χ1) is 6.90. The molecule has 0 spiro atoms. The molecule has 0 aliphatic heterocycles. The maximum atomic E-state index is 8.93. The second-order valence-electron chi connectivity index (χ2n) is 3.53. The van der Waals surface area contributed by atoms with Crippen molar-refractivity contribution in [2.75, 3.05) is 6.61 Å². The summed E-state index contributed by atoms with van der Waals surface area (Å²) in [5, 5.41) is 8.93. The molecule has 0 heterocycles. The number of aliphatic hydroxyl groups excluding tert-OH is 1. The molecule has 16 heavy (non-hydrogen) atoms. The van der Waals surface area contributed by atoms with E-state index in [-0.39, 0.29) is 24.8 Å². The van der Waals surface area contributed by atoms with Gasteiger partial charge in [0.1, 0.15) is 0 Å². The average molecular weight is 336 g/mol. The Morgan fingerprint density at radius 3 is 2.62 bits per heavy atom. The van der Waals surface area contributed by atoms with Crippen LogP contribution in [0.5, 0.6) is 0 Å². The number of aliphatic hydroxyl groups is 1. The molecule has 1 nitrogen and oxygen atoms in total. The van der Waals surface area contributed by atoms with Crippen molar-refractivity contribution in [3.05, 3.63) is 42.5 Å². The molecule has 0 aromatic heterocycles. The van der Waals surface area contributed by atoms with Crippen molar-refractivity contribution in [1.82, 2.24) is 0 Å². The molecule has 1 N–H and O–H groups in total. The predicted molar refractivity (Wildman–Crippen MR) is 54.3 cm³/mol. The van der Waals surface area contributed by atoms with E-state index in [9.17, 15) is 0 Å². The minimum Gasteiger partial charge on any atom is -1.00 e. The summed E-state index contributed by atoms with van der Waals surface area (Å²) in [5.74, 6) is 0. The van der Waals surface area contributed by atoms with Gasteiger partial charge in [-0.05, 0) is 0 Å². The Morgan fingerprint density at radius 1 is 1.19 bits per heavy atom. The molecule has 0 atom stereocenters. The second kappa shape index (κ2) is 8.47. The van der Waals surface area contributed by atoms with E-state index in [0.29, 0.717) is 6.61 Å². The number of halogens is 2. The summed E-state index contributed by atoms with van der Waals surface area (Å²) in [5.41, 5.74) is 1.42. The number of hydrogen-bond donors (Lipinski definition) is 1. The first-order valence-corrected chi connectivity index (χ1v) is 7.48. The van der Waals surface area contributed by atoms with Crippen LogP contribution in [0.2, 0.25) is 0 Å². The quantitative estimate of drug-likeness (QED) is 0.565. The third kappa shape index (κ3) is 4.33. The van der Waals surface area contributed by atoms with Gasteiger partial charge in [0.15, 0.2) is 0 Å². The summed E-state index contributed by atoms with van der Waals surface area (Å²) in [7, 11) is 0. The first-order valence-electron chi connectivity index (χ1n) is 5.02. The van der Waals surface area contributed by atoms with Gasteiger partial charge >= 0.3 is 96.7 Å². The molecule has 0 amide bonds. The molecule has 2 rings (SSSR count). The smallest absolute Gasteiger partial charge is 1.00 e. The zero-order valence-corrected chi connectivity index (χ0v) is 12.9. The Labute approximate surface area is 121 Å². The minimum absolute atomic E-state index is 0. The maximum absolute atomic E-state index is 8.93. The van der Waals surface area contributed by atoms with Crippen molar-refractivity contribution in [2.45, 2.75) is 19.3 Å². The topological polar surface area (TPSA) is 20.2 Å². The van der Waals surface area contributed by atoms with Gasteiger partial charge < -0.3 is 24.8 Å². The molecule has 2 aliphatic rings. The van der Waals surface area contributed by atoms with Crippen LogP contribution in [0.3, 0.4) is 0 Å². The average Bonchev–Trinajstić information content (AvgIpc) is 2.80. The second-order valence-corrected chi connectivity index (χ2v) is 7.21. The number of allylic oxidation sites excluding steroid dienone is 7. The standard InChI is InChI=1S/C7H9O.C5H5.2ClH.Zr/c8-6-5-7-3-1-2-4-7;1-2-4-5-3-1;;;/h1,3,8H,2,5-6H2;1-3H,4H2;2*1H;/q;;;;+2/p-2. The molecule has 0 saturated carbocycles. The summed E-state index contributed by atoms with van der Waals surface area (Å²) in [6.45, 7) is 0.292. The van der Waals surface area contributed by atoms with E-state index in [0.717, 1.165) is 12.8 Å². The Bertz CT molecular complexity index is 343. The first kappa shape index (κ1) is 16.4. The Balaban J connectivity index is 0.00000112. The van der Waals surface area contributed by atoms with Crippen LogP contribution < -0.4 is 24.8 Å². The van der Waals surface area contributed by atoms with Gasteiger partial charge in [0.05, 0.1) is 0 Å². The van der Waals surface area contributed by atoms with Crippen LogP contribution in [-0.4, -0.2) is 11.7 Å². The van der Waals surface area contributed by atoms with Crippen LogP contribution >= 0.6 is 0 Å². The fourth-order valence-corrected chi connectivity index (χ4v) is 5.15. The normalized spacial score (nSPS) is 16.7. The molecule has 86 valence electrons. The summed E-state index contributed by atoms with van der Waals surface area (Å²) >= 11 is -0.488. The maximum Gasteiger partial charge on any atom is -1.00 e. The summed E-state index contributed by atoms with van der Waals surface area (Å²) in [6.07, 6.45) is 14.3. The zero-order chi connectivity index (χ0) is 9.80. The van der Waals surface area contributed by atoms with Crippen LogP contribution in [0.1, 0.15) is 19.3 Å². The Kier molecular flexibility index (Phi) is 8.67. The number of hydrogen-bond acceptors (Lipinski definition) is 1. The van der Waals surface area contributed by atoms with Crippen molar-refractivity contribution in [1.29, 1.82) is 0 Å². The zero-order valence-electron chi connectivity index (χ0n) is 8.92. The van der Waals surface area contributed by atoms with Crippen molar-refractivity contribution < 1.29 is 53.2 Å². The van der Waals surface area contributed by atoms with Gasteiger partial charge in [-0.15, -0.1) is 0 Å². The van der Waals surface area contributed by atoms with Crippen molar-refractivity contribution in [3.8, 4) is 0 Å². The van der Waals surface area contributed by atoms with Gasteiger partial charge in [-0.2, -0.15) is 0 Å². The fourth-order valence-electron chi connectivity index (χ4n) is 1.77. The van der Waals surface area contributed by atoms with E-state index in [1.54, 1.807) is 6.56 Å². The largest absolute Gasteiger partial charge is 1.00 e. The van der Waals surface area contributed by atoms with Gasteiger partial charge in [-0.1, -0.05) is 0 Å².